The number of carbonyl (C=O) groups is 1. The molecule has 0 aromatic heterocycles. The number of nitrogens with one attached hydrogen (secondary N) is 1. The predicted molar refractivity (Wildman–Crippen MR) is 66.0 cm³/mol. The monoisotopic (exact) mass is 306 g/mol. The first-order chi connectivity index (χ1) is 7.37. The molecule has 1 aromatic carbocycles. The molecule has 0 bridgehead atoms. The van der Waals surface area contributed by atoms with E-state index in [9.17, 15) is 13.2 Å². The van der Waals surface area contributed by atoms with Crippen molar-refractivity contribution in [2.45, 2.75) is 6.92 Å². The Morgan fingerprint density at radius 3 is 2.62 bits per heavy atom. The van der Waals surface area contributed by atoms with E-state index in [0.717, 1.165) is 0 Å². The van der Waals surface area contributed by atoms with E-state index in [1.54, 1.807) is 25.1 Å². The first-order valence-corrected chi connectivity index (χ1v) is 7.10. The predicted octanol–water partition coefficient (Wildman–Crippen LogP) is 1.19. The number of benzene rings is 1. The van der Waals surface area contributed by atoms with Crippen LogP contribution in [-0.4, -0.2) is 19.0 Å². The molecule has 0 atom stereocenters. The maximum atomic E-state index is 11.3. The summed E-state index contributed by atoms with van der Waals surface area (Å²) in [6.45, 7) is 1.63. The number of halogens is 1. The van der Waals surface area contributed by atoms with Crippen molar-refractivity contribution in [1.82, 2.24) is 0 Å². The molecular weight excluding hydrogens is 296 g/mol. The molecule has 0 fully saturated rings. The van der Waals surface area contributed by atoms with Crippen molar-refractivity contribution in [3.05, 3.63) is 29.3 Å². The van der Waals surface area contributed by atoms with Crippen LogP contribution in [0, 0.1) is 6.92 Å². The lowest BCUT2D eigenvalue weighted by Crippen LogP contribution is -2.17. The van der Waals surface area contributed by atoms with Crippen molar-refractivity contribution in [2.24, 2.45) is 5.73 Å². The molecule has 7 heteroatoms. The maximum Gasteiger partial charge on any atom is 0.249 e. The quantitative estimate of drug-likeness (QED) is 0.819. The minimum Gasteiger partial charge on any atom is -0.366 e. The maximum absolute atomic E-state index is 11.3. The normalized spacial score (nSPS) is 11.1. The average Bonchev–Trinajstić information content (AvgIpc) is 2.20. The minimum absolute atomic E-state index is 0.208. The molecule has 1 aromatic rings. The summed E-state index contributed by atoms with van der Waals surface area (Å²) in [6.07, 6.45) is 0. The zero-order valence-corrected chi connectivity index (χ0v) is 10.9. The number of sulfonamides is 1. The van der Waals surface area contributed by atoms with Gasteiger partial charge in [-0.2, -0.15) is 0 Å². The number of rotatable bonds is 4. The molecule has 5 nitrogen and oxygen atoms in total. The largest absolute Gasteiger partial charge is 0.366 e. The second-order valence-electron chi connectivity index (χ2n) is 3.17. The van der Waals surface area contributed by atoms with Gasteiger partial charge in [0.2, 0.25) is 15.9 Å². The number of hydrogen-bond donors (Lipinski definition) is 2. The standard InChI is InChI=1S/C9H11BrN2O3S/c1-6-7(9(11)13)3-2-4-8(6)12-16(14,15)5-10/h2-4,12H,5H2,1H3,(H2,11,13). The molecule has 88 valence electrons. The smallest absolute Gasteiger partial charge is 0.249 e. The molecule has 0 heterocycles. The van der Waals surface area contributed by atoms with Gasteiger partial charge < -0.3 is 5.73 Å². The van der Waals surface area contributed by atoms with Crippen molar-refractivity contribution in [3.8, 4) is 0 Å². The fourth-order valence-corrected chi connectivity index (χ4v) is 2.16. The van der Waals surface area contributed by atoms with E-state index in [4.69, 9.17) is 5.73 Å². The van der Waals surface area contributed by atoms with Crippen LogP contribution in [0.5, 0.6) is 0 Å². The van der Waals surface area contributed by atoms with Gasteiger partial charge in [0, 0.05) is 5.56 Å². The lowest BCUT2D eigenvalue weighted by atomic mass is 10.1. The molecular formula is C9H11BrN2O3S. The highest BCUT2D eigenvalue weighted by molar-refractivity contribution is 9.10. The number of amides is 1. The number of hydrogen-bond acceptors (Lipinski definition) is 3. The molecule has 0 radical (unpaired) electrons. The Kier molecular flexibility index (Phi) is 3.93. The van der Waals surface area contributed by atoms with Gasteiger partial charge in [0.1, 0.15) is 4.66 Å². The fourth-order valence-electron chi connectivity index (χ4n) is 1.21. The zero-order chi connectivity index (χ0) is 12.3. The summed E-state index contributed by atoms with van der Waals surface area (Å²) in [5.74, 6) is -0.586. The number of primary amides is 1. The Balaban J connectivity index is 3.17. The van der Waals surface area contributed by atoms with Crippen molar-refractivity contribution < 1.29 is 13.2 Å². The third-order valence-corrected chi connectivity index (χ3v) is 4.63. The van der Waals surface area contributed by atoms with E-state index in [1.807, 2.05) is 0 Å². The summed E-state index contributed by atoms with van der Waals surface area (Å²) >= 11 is 2.86. The Labute approximate surface area is 102 Å². The topological polar surface area (TPSA) is 89.3 Å². The Morgan fingerprint density at radius 2 is 2.12 bits per heavy atom. The van der Waals surface area contributed by atoms with Gasteiger partial charge in [-0.05, 0) is 24.6 Å². The van der Waals surface area contributed by atoms with Crippen LogP contribution in [0.1, 0.15) is 15.9 Å². The number of carbonyl (C=O) groups excluding carboxylic acids is 1. The Hall–Kier alpha value is -1.08. The van der Waals surface area contributed by atoms with Crippen LogP contribution in [-0.2, 0) is 10.0 Å². The van der Waals surface area contributed by atoms with E-state index in [1.165, 1.54) is 0 Å². The summed E-state index contributed by atoms with van der Waals surface area (Å²) in [7, 11) is -3.42. The van der Waals surface area contributed by atoms with Crippen molar-refractivity contribution in [3.63, 3.8) is 0 Å². The third-order valence-electron chi connectivity index (χ3n) is 2.01. The summed E-state index contributed by atoms with van der Waals surface area (Å²) < 4.78 is 24.8. The third kappa shape index (κ3) is 2.96. The first kappa shape index (κ1) is 13.0. The minimum atomic E-state index is -3.42. The van der Waals surface area contributed by atoms with Crippen LogP contribution in [0.3, 0.4) is 0 Å². The highest BCUT2D eigenvalue weighted by atomic mass is 79.9. The van der Waals surface area contributed by atoms with Crippen LogP contribution in [0.25, 0.3) is 0 Å². The van der Waals surface area contributed by atoms with E-state index >= 15 is 0 Å². The van der Waals surface area contributed by atoms with Crippen LogP contribution >= 0.6 is 15.9 Å². The molecule has 0 aliphatic rings. The molecule has 1 rings (SSSR count). The highest BCUT2D eigenvalue weighted by Gasteiger charge is 2.13. The van der Waals surface area contributed by atoms with Gasteiger partial charge in [-0.3, -0.25) is 9.52 Å². The van der Waals surface area contributed by atoms with Crippen molar-refractivity contribution in [1.29, 1.82) is 0 Å². The van der Waals surface area contributed by atoms with E-state index in [2.05, 4.69) is 20.7 Å². The number of alkyl halides is 1. The van der Waals surface area contributed by atoms with Gasteiger partial charge in [0.05, 0.1) is 5.69 Å². The second-order valence-corrected chi connectivity index (χ2v) is 6.19. The Morgan fingerprint density at radius 1 is 1.50 bits per heavy atom. The molecule has 0 aliphatic heterocycles. The molecule has 0 unspecified atom stereocenters. The van der Waals surface area contributed by atoms with Gasteiger partial charge >= 0.3 is 0 Å². The molecule has 0 aliphatic carbocycles. The van der Waals surface area contributed by atoms with Gasteiger partial charge in [0.25, 0.3) is 0 Å². The summed E-state index contributed by atoms with van der Waals surface area (Å²) in [4.78, 5) is 11.0. The molecule has 0 saturated heterocycles. The molecule has 0 spiro atoms. The van der Waals surface area contributed by atoms with Gasteiger partial charge in [0.15, 0.2) is 0 Å². The number of nitrogens with two attached hydrogens (primary N) is 1. The van der Waals surface area contributed by atoms with Gasteiger partial charge in [-0.25, -0.2) is 8.42 Å². The van der Waals surface area contributed by atoms with Crippen LogP contribution in [0.4, 0.5) is 5.69 Å². The van der Waals surface area contributed by atoms with E-state index < -0.39 is 15.9 Å². The first-order valence-electron chi connectivity index (χ1n) is 4.33. The Bertz CT molecular complexity index is 513. The van der Waals surface area contributed by atoms with Gasteiger partial charge in [-0.15, -0.1) is 0 Å². The lowest BCUT2D eigenvalue weighted by molar-refractivity contribution is 0.0999. The van der Waals surface area contributed by atoms with Crippen molar-refractivity contribution >= 4 is 37.5 Å². The van der Waals surface area contributed by atoms with Crippen molar-refractivity contribution in [2.75, 3.05) is 9.38 Å². The van der Waals surface area contributed by atoms with Crippen LogP contribution < -0.4 is 10.5 Å². The van der Waals surface area contributed by atoms with Crippen LogP contribution in [0.15, 0.2) is 18.2 Å². The lowest BCUT2D eigenvalue weighted by Gasteiger charge is -2.10. The van der Waals surface area contributed by atoms with Gasteiger partial charge in [-0.1, -0.05) is 22.0 Å². The molecule has 0 saturated carbocycles. The zero-order valence-electron chi connectivity index (χ0n) is 8.53. The second kappa shape index (κ2) is 4.84. The highest BCUT2D eigenvalue weighted by Crippen LogP contribution is 2.20. The summed E-state index contributed by atoms with van der Waals surface area (Å²) in [5, 5.41) is 0. The van der Waals surface area contributed by atoms with E-state index in [-0.39, 0.29) is 4.66 Å². The van der Waals surface area contributed by atoms with Crippen LogP contribution in [0.2, 0.25) is 0 Å². The molecule has 16 heavy (non-hydrogen) atoms. The average molecular weight is 307 g/mol. The summed E-state index contributed by atoms with van der Waals surface area (Å²) in [5.41, 5.74) is 6.33. The molecule has 1 amide bonds. The van der Waals surface area contributed by atoms with E-state index in [0.29, 0.717) is 16.8 Å². The summed E-state index contributed by atoms with van der Waals surface area (Å²) in [6, 6.07) is 4.69. The SMILES string of the molecule is Cc1c(NS(=O)(=O)CBr)cccc1C(N)=O. The molecule has 3 N–H and O–H groups in total. The fraction of sp³-hybridized carbons (Fsp3) is 0.222. The number of anilines is 1.